The first-order valence-electron chi connectivity index (χ1n) is 11.9. The number of ether oxygens (including phenoxy) is 1. The SMILES string of the molecule is Cc1ccc(Cl)cc1N(CC(=O)N/N=C\c1cc([N+](=O)[O-])ccc1N1CCOCC1)S(=O)(=O)c1ccccc1. The van der Waals surface area contributed by atoms with E-state index in [9.17, 15) is 23.3 Å². The van der Waals surface area contributed by atoms with E-state index in [0.717, 1.165) is 4.31 Å². The maximum atomic E-state index is 13.5. The lowest BCUT2D eigenvalue weighted by molar-refractivity contribution is -0.384. The van der Waals surface area contributed by atoms with Gasteiger partial charge < -0.3 is 9.64 Å². The van der Waals surface area contributed by atoms with E-state index < -0.39 is 27.4 Å². The van der Waals surface area contributed by atoms with Gasteiger partial charge in [0.2, 0.25) is 0 Å². The van der Waals surface area contributed by atoms with E-state index in [0.29, 0.717) is 48.1 Å². The molecule has 0 atom stereocenters. The fourth-order valence-electron chi connectivity index (χ4n) is 4.06. The second-order valence-corrected chi connectivity index (χ2v) is 10.9. The van der Waals surface area contributed by atoms with Gasteiger partial charge in [0, 0.05) is 41.5 Å². The summed E-state index contributed by atoms with van der Waals surface area (Å²) in [5.41, 5.74) is 4.19. The number of benzene rings is 3. The summed E-state index contributed by atoms with van der Waals surface area (Å²) >= 11 is 6.15. The summed E-state index contributed by atoms with van der Waals surface area (Å²) < 4.78 is 33.4. The van der Waals surface area contributed by atoms with Crippen molar-refractivity contribution in [2.45, 2.75) is 11.8 Å². The summed E-state index contributed by atoms with van der Waals surface area (Å²) in [5.74, 6) is -0.719. The van der Waals surface area contributed by atoms with Gasteiger partial charge in [-0.2, -0.15) is 5.10 Å². The van der Waals surface area contributed by atoms with E-state index in [1.807, 2.05) is 4.90 Å². The smallest absolute Gasteiger partial charge is 0.270 e. The molecule has 0 bridgehead atoms. The average Bonchev–Trinajstić information content (AvgIpc) is 2.94. The zero-order valence-electron chi connectivity index (χ0n) is 21.0. The number of aryl methyl sites for hydroxylation is 1. The number of hydrogen-bond donors (Lipinski definition) is 1. The third kappa shape index (κ3) is 6.72. The van der Waals surface area contributed by atoms with Crippen LogP contribution in [0.15, 0.2) is 76.7 Å². The van der Waals surface area contributed by atoms with Crippen LogP contribution in [0, 0.1) is 17.0 Å². The topological polar surface area (TPSA) is 134 Å². The molecule has 1 amide bonds. The Labute approximate surface area is 230 Å². The number of sulfonamides is 1. The number of morpholine rings is 1. The molecule has 1 aliphatic heterocycles. The zero-order chi connectivity index (χ0) is 28.0. The Kier molecular flexibility index (Phi) is 8.79. The molecule has 0 radical (unpaired) electrons. The Morgan fingerprint density at radius 1 is 1.15 bits per heavy atom. The zero-order valence-corrected chi connectivity index (χ0v) is 22.6. The van der Waals surface area contributed by atoms with Crippen LogP contribution in [0.3, 0.4) is 0 Å². The highest BCUT2D eigenvalue weighted by atomic mass is 35.5. The van der Waals surface area contributed by atoms with Crippen LogP contribution in [0.25, 0.3) is 0 Å². The van der Waals surface area contributed by atoms with Gasteiger partial charge in [-0.3, -0.25) is 19.2 Å². The van der Waals surface area contributed by atoms with Crippen molar-refractivity contribution >= 4 is 50.8 Å². The predicted octanol–water partition coefficient (Wildman–Crippen LogP) is 3.74. The number of amides is 1. The maximum absolute atomic E-state index is 13.5. The third-order valence-electron chi connectivity index (χ3n) is 6.02. The van der Waals surface area contributed by atoms with E-state index >= 15 is 0 Å². The molecular weight excluding hydrogens is 546 g/mol. The number of nitro benzene ring substituents is 1. The number of hydrazone groups is 1. The maximum Gasteiger partial charge on any atom is 0.270 e. The first-order chi connectivity index (χ1) is 18.7. The number of non-ortho nitro benzene ring substituents is 1. The normalized spacial score (nSPS) is 13.8. The van der Waals surface area contributed by atoms with E-state index in [1.54, 1.807) is 43.3 Å². The lowest BCUT2D eigenvalue weighted by atomic mass is 10.1. The monoisotopic (exact) mass is 571 g/mol. The highest BCUT2D eigenvalue weighted by Crippen LogP contribution is 2.29. The number of nitro groups is 1. The molecule has 0 aromatic heterocycles. The van der Waals surface area contributed by atoms with Crippen molar-refractivity contribution in [3.8, 4) is 0 Å². The summed E-state index contributed by atoms with van der Waals surface area (Å²) in [5, 5.41) is 15.6. The molecule has 1 saturated heterocycles. The Morgan fingerprint density at radius 2 is 1.87 bits per heavy atom. The molecular formula is C26H26ClN5O6S. The van der Waals surface area contributed by atoms with Gasteiger partial charge in [-0.15, -0.1) is 0 Å². The fraction of sp³-hybridized carbons (Fsp3) is 0.231. The van der Waals surface area contributed by atoms with Gasteiger partial charge in [-0.05, 0) is 42.8 Å². The van der Waals surface area contributed by atoms with Crippen molar-refractivity contribution in [1.82, 2.24) is 5.43 Å². The second kappa shape index (κ2) is 12.2. The van der Waals surface area contributed by atoms with Gasteiger partial charge in [0.1, 0.15) is 6.54 Å². The standard InChI is InChI=1S/C26H26ClN5O6S/c1-19-7-8-21(27)16-25(19)31(39(36,37)23-5-3-2-4-6-23)18-26(33)29-28-17-20-15-22(32(34)35)9-10-24(20)30-11-13-38-14-12-30/h2-10,15-17H,11-14,18H2,1H3,(H,29,33)/b28-17-. The van der Waals surface area contributed by atoms with Gasteiger partial charge in [0.05, 0.1) is 34.9 Å². The molecule has 1 heterocycles. The average molecular weight is 572 g/mol. The van der Waals surface area contributed by atoms with Gasteiger partial charge in [0.25, 0.3) is 21.6 Å². The molecule has 3 aromatic rings. The summed E-state index contributed by atoms with van der Waals surface area (Å²) in [6, 6.07) is 16.9. The molecule has 3 aromatic carbocycles. The number of nitrogens with one attached hydrogen (secondary N) is 1. The van der Waals surface area contributed by atoms with E-state index in [2.05, 4.69) is 10.5 Å². The van der Waals surface area contributed by atoms with Crippen LogP contribution in [-0.4, -0.2) is 58.3 Å². The van der Waals surface area contributed by atoms with Crippen molar-refractivity contribution in [2.24, 2.45) is 5.10 Å². The molecule has 1 fully saturated rings. The van der Waals surface area contributed by atoms with Crippen LogP contribution in [-0.2, 0) is 19.6 Å². The number of nitrogens with zero attached hydrogens (tertiary/aromatic N) is 4. The van der Waals surface area contributed by atoms with E-state index in [-0.39, 0.29) is 16.3 Å². The largest absolute Gasteiger partial charge is 0.378 e. The molecule has 4 rings (SSSR count). The Balaban J connectivity index is 1.60. The summed E-state index contributed by atoms with van der Waals surface area (Å²) in [6.45, 7) is 3.34. The van der Waals surface area contributed by atoms with Gasteiger partial charge in [-0.1, -0.05) is 35.9 Å². The number of rotatable bonds is 9. The number of carbonyl (C=O) groups excluding carboxylic acids is 1. The fourth-order valence-corrected chi connectivity index (χ4v) is 5.73. The number of halogens is 1. The minimum Gasteiger partial charge on any atom is -0.378 e. The number of carbonyl (C=O) groups is 1. The predicted molar refractivity (Wildman–Crippen MR) is 149 cm³/mol. The molecule has 0 aliphatic carbocycles. The van der Waals surface area contributed by atoms with E-state index in [1.165, 1.54) is 36.5 Å². The van der Waals surface area contributed by atoms with Crippen molar-refractivity contribution in [3.63, 3.8) is 0 Å². The van der Waals surface area contributed by atoms with Gasteiger partial charge in [-0.25, -0.2) is 13.8 Å². The highest BCUT2D eigenvalue weighted by Gasteiger charge is 2.28. The van der Waals surface area contributed by atoms with Gasteiger partial charge in [0.15, 0.2) is 0 Å². The minimum atomic E-state index is -4.13. The number of hydrogen-bond acceptors (Lipinski definition) is 8. The van der Waals surface area contributed by atoms with Crippen molar-refractivity contribution in [3.05, 3.63) is 93.0 Å². The first-order valence-corrected chi connectivity index (χ1v) is 13.8. The molecule has 39 heavy (non-hydrogen) atoms. The minimum absolute atomic E-state index is 0.00687. The van der Waals surface area contributed by atoms with Crippen LogP contribution in [0.1, 0.15) is 11.1 Å². The molecule has 11 nitrogen and oxygen atoms in total. The second-order valence-electron chi connectivity index (χ2n) is 8.65. The lowest BCUT2D eigenvalue weighted by Gasteiger charge is -2.29. The van der Waals surface area contributed by atoms with Crippen LogP contribution >= 0.6 is 11.6 Å². The molecule has 1 aliphatic rings. The molecule has 1 N–H and O–H groups in total. The van der Waals surface area contributed by atoms with Crippen LogP contribution in [0.5, 0.6) is 0 Å². The Morgan fingerprint density at radius 3 is 2.56 bits per heavy atom. The summed E-state index contributed by atoms with van der Waals surface area (Å²) in [4.78, 5) is 25.8. The Bertz CT molecular complexity index is 1490. The van der Waals surface area contributed by atoms with Crippen LogP contribution < -0.4 is 14.6 Å². The summed E-state index contributed by atoms with van der Waals surface area (Å²) in [6.07, 6.45) is 1.30. The van der Waals surface area contributed by atoms with Gasteiger partial charge >= 0.3 is 0 Å². The third-order valence-corrected chi connectivity index (χ3v) is 8.03. The van der Waals surface area contributed by atoms with Crippen molar-refractivity contribution in [1.29, 1.82) is 0 Å². The number of anilines is 2. The molecule has 13 heteroatoms. The Hall–Kier alpha value is -4.00. The van der Waals surface area contributed by atoms with Crippen molar-refractivity contribution < 1.29 is 22.9 Å². The molecule has 0 spiro atoms. The summed E-state index contributed by atoms with van der Waals surface area (Å²) in [7, 11) is -4.13. The van der Waals surface area contributed by atoms with E-state index in [4.69, 9.17) is 16.3 Å². The van der Waals surface area contributed by atoms with Crippen LogP contribution in [0.2, 0.25) is 5.02 Å². The molecule has 0 unspecified atom stereocenters. The van der Waals surface area contributed by atoms with Crippen LogP contribution in [0.4, 0.5) is 17.1 Å². The molecule has 0 saturated carbocycles. The highest BCUT2D eigenvalue weighted by molar-refractivity contribution is 7.92. The van der Waals surface area contributed by atoms with Crippen molar-refractivity contribution in [2.75, 3.05) is 42.1 Å². The first kappa shape index (κ1) is 28.0. The quantitative estimate of drug-likeness (QED) is 0.235. The molecule has 204 valence electrons. The lowest BCUT2D eigenvalue weighted by Crippen LogP contribution is -2.40.